The molecule has 0 spiro atoms. The third kappa shape index (κ3) is 2.73. The van der Waals surface area contributed by atoms with E-state index in [9.17, 15) is 5.11 Å². The maximum atomic E-state index is 9.20. The lowest BCUT2D eigenvalue weighted by molar-refractivity contribution is 0.275. The van der Waals surface area contributed by atoms with Crippen LogP contribution < -0.4 is 0 Å². The van der Waals surface area contributed by atoms with Crippen molar-refractivity contribution in [1.82, 2.24) is 15.0 Å². The molecule has 0 radical (unpaired) electrons. The van der Waals surface area contributed by atoms with Crippen LogP contribution in [0.15, 0.2) is 30.3 Å². The van der Waals surface area contributed by atoms with Crippen LogP contribution in [0.3, 0.4) is 0 Å². The highest BCUT2D eigenvalue weighted by Gasteiger charge is 2.11. The minimum atomic E-state index is -0.143. The summed E-state index contributed by atoms with van der Waals surface area (Å²) >= 11 is 0. The second-order valence-electron chi connectivity index (χ2n) is 3.94. The summed E-state index contributed by atoms with van der Waals surface area (Å²) in [5, 5.41) is 25.7. The molecule has 18 heavy (non-hydrogen) atoms. The van der Waals surface area contributed by atoms with E-state index in [-0.39, 0.29) is 13.2 Å². The Labute approximate surface area is 105 Å². The van der Waals surface area contributed by atoms with E-state index in [1.54, 1.807) is 4.68 Å². The first-order chi connectivity index (χ1) is 8.85. The fraction of sp³-hybridized carbons (Fsp3) is 0.308. The van der Waals surface area contributed by atoms with E-state index in [0.717, 1.165) is 12.1 Å². The van der Waals surface area contributed by atoms with E-state index < -0.39 is 0 Å². The number of nitrogens with zero attached hydrogens (tertiary/aromatic N) is 4. The second kappa shape index (κ2) is 5.94. The summed E-state index contributed by atoms with van der Waals surface area (Å²) in [6.07, 6.45) is 1.56. The molecule has 0 unspecified atom stereocenters. The average molecular weight is 242 g/mol. The molecular weight excluding hydrogens is 228 g/mol. The number of rotatable bonds is 5. The topological polar surface area (TPSA) is 74.7 Å². The lowest BCUT2D eigenvalue weighted by Gasteiger charge is -2.04. The fourth-order valence-electron chi connectivity index (χ4n) is 1.87. The van der Waals surface area contributed by atoms with Crippen LogP contribution in [0.4, 0.5) is 0 Å². The molecule has 1 aromatic heterocycles. The molecule has 1 aromatic carbocycles. The molecule has 0 saturated heterocycles. The second-order valence-corrected chi connectivity index (χ2v) is 3.94. The first-order valence-electron chi connectivity index (χ1n) is 5.78. The monoisotopic (exact) mass is 242 g/mol. The van der Waals surface area contributed by atoms with Crippen molar-refractivity contribution >= 4 is 0 Å². The largest absolute Gasteiger partial charge is 0.390 e. The third-order valence-electron chi connectivity index (χ3n) is 2.78. The maximum Gasteiger partial charge on any atom is 0.130 e. The van der Waals surface area contributed by atoms with E-state index in [4.69, 9.17) is 5.26 Å². The van der Waals surface area contributed by atoms with Gasteiger partial charge in [0, 0.05) is 0 Å². The van der Waals surface area contributed by atoms with Crippen LogP contribution in [0.5, 0.6) is 0 Å². The number of aryl methyl sites for hydroxylation is 1. The highest BCUT2D eigenvalue weighted by molar-refractivity contribution is 5.18. The summed E-state index contributed by atoms with van der Waals surface area (Å²) in [6, 6.07) is 12.1. The zero-order valence-corrected chi connectivity index (χ0v) is 9.95. The van der Waals surface area contributed by atoms with E-state index in [1.807, 2.05) is 24.3 Å². The summed E-state index contributed by atoms with van der Waals surface area (Å²) in [6.45, 7) is 0.0205. The molecule has 92 valence electrons. The zero-order valence-electron chi connectivity index (χ0n) is 9.95. The molecule has 0 aliphatic rings. The Bertz CT molecular complexity index is 542. The summed E-state index contributed by atoms with van der Waals surface area (Å²) in [4.78, 5) is 0. The van der Waals surface area contributed by atoms with Gasteiger partial charge in [0.25, 0.3) is 0 Å². The molecule has 0 aliphatic heterocycles. The van der Waals surface area contributed by atoms with Crippen molar-refractivity contribution < 1.29 is 5.11 Å². The normalized spacial score (nSPS) is 10.2. The molecule has 0 atom stereocenters. The van der Waals surface area contributed by atoms with Crippen molar-refractivity contribution in [2.45, 2.75) is 26.0 Å². The minimum absolute atomic E-state index is 0.143. The summed E-state index contributed by atoms with van der Waals surface area (Å²) in [7, 11) is 0. The first kappa shape index (κ1) is 12.3. The highest BCUT2D eigenvalue weighted by Crippen LogP contribution is 2.10. The van der Waals surface area contributed by atoms with Crippen LogP contribution in [0.25, 0.3) is 0 Å². The van der Waals surface area contributed by atoms with Crippen molar-refractivity contribution in [1.29, 1.82) is 5.26 Å². The lowest BCUT2D eigenvalue weighted by atomic mass is 10.1. The van der Waals surface area contributed by atoms with Crippen molar-refractivity contribution in [3.8, 4) is 6.07 Å². The number of aliphatic hydroxyl groups is 1. The van der Waals surface area contributed by atoms with Gasteiger partial charge in [0.05, 0.1) is 18.4 Å². The number of hydrogen-bond acceptors (Lipinski definition) is 4. The van der Waals surface area contributed by atoms with Gasteiger partial charge in [-0.3, -0.25) is 0 Å². The predicted octanol–water partition coefficient (Wildman–Crippen LogP) is 1.08. The average Bonchev–Trinajstić information content (AvgIpc) is 2.80. The van der Waals surface area contributed by atoms with Gasteiger partial charge in [0.1, 0.15) is 12.2 Å². The van der Waals surface area contributed by atoms with Crippen LogP contribution in [-0.4, -0.2) is 20.1 Å². The standard InChI is InChI=1S/C13H14N4O/c14-8-9-17-13(12(10-18)15-16-17)7-6-11-4-2-1-3-5-11/h1-5,18H,6-7,9-10H2. The zero-order chi connectivity index (χ0) is 12.8. The van der Waals surface area contributed by atoms with Gasteiger partial charge in [-0.25, -0.2) is 4.68 Å². The van der Waals surface area contributed by atoms with Crippen LogP contribution in [0, 0.1) is 11.3 Å². The highest BCUT2D eigenvalue weighted by atomic mass is 16.3. The van der Waals surface area contributed by atoms with Gasteiger partial charge in [-0.05, 0) is 18.4 Å². The van der Waals surface area contributed by atoms with Crippen molar-refractivity contribution in [2.75, 3.05) is 0 Å². The predicted molar refractivity (Wildman–Crippen MR) is 65.4 cm³/mol. The minimum Gasteiger partial charge on any atom is -0.390 e. The molecule has 1 N–H and O–H groups in total. The Kier molecular flexibility index (Phi) is 4.05. The first-order valence-corrected chi connectivity index (χ1v) is 5.78. The number of benzene rings is 1. The maximum absolute atomic E-state index is 9.20. The summed E-state index contributed by atoms with van der Waals surface area (Å²) in [5.41, 5.74) is 2.61. The lowest BCUT2D eigenvalue weighted by Crippen LogP contribution is -2.06. The molecule has 0 bridgehead atoms. The molecule has 0 aliphatic carbocycles. The van der Waals surface area contributed by atoms with Gasteiger partial charge in [0.2, 0.25) is 0 Å². The van der Waals surface area contributed by atoms with Crippen molar-refractivity contribution in [3.63, 3.8) is 0 Å². The number of aromatic nitrogens is 3. The molecule has 2 aromatic rings. The molecule has 0 saturated carbocycles. The van der Waals surface area contributed by atoms with Crippen LogP contribution >= 0.6 is 0 Å². The van der Waals surface area contributed by atoms with Crippen LogP contribution in [0.2, 0.25) is 0 Å². The fourth-order valence-corrected chi connectivity index (χ4v) is 1.87. The van der Waals surface area contributed by atoms with Crippen LogP contribution in [-0.2, 0) is 26.0 Å². The van der Waals surface area contributed by atoms with Gasteiger partial charge < -0.3 is 5.11 Å². The Morgan fingerprint density at radius 3 is 2.67 bits per heavy atom. The Hall–Kier alpha value is -2.19. The number of nitriles is 1. The van der Waals surface area contributed by atoms with Gasteiger partial charge in [0.15, 0.2) is 0 Å². The Balaban J connectivity index is 2.13. The van der Waals surface area contributed by atoms with Gasteiger partial charge in [-0.2, -0.15) is 5.26 Å². The van der Waals surface area contributed by atoms with Gasteiger partial charge >= 0.3 is 0 Å². The Morgan fingerprint density at radius 2 is 2.00 bits per heavy atom. The van der Waals surface area contributed by atoms with E-state index in [2.05, 4.69) is 22.4 Å². The molecule has 5 heteroatoms. The molecule has 0 fully saturated rings. The van der Waals surface area contributed by atoms with Crippen molar-refractivity contribution in [3.05, 3.63) is 47.3 Å². The molecular formula is C13H14N4O. The van der Waals surface area contributed by atoms with Gasteiger partial charge in [-0.15, -0.1) is 5.10 Å². The third-order valence-corrected chi connectivity index (χ3v) is 2.78. The van der Waals surface area contributed by atoms with E-state index in [0.29, 0.717) is 12.1 Å². The quantitative estimate of drug-likeness (QED) is 0.851. The SMILES string of the molecule is N#CCn1nnc(CO)c1CCc1ccccc1. The Morgan fingerprint density at radius 1 is 1.22 bits per heavy atom. The van der Waals surface area contributed by atoms with Crippen LogP contribution in [0.1, 0.15) is 17.0 Å². The molecule has 1 heterocycles. The molecule has 2 rings (SSSR count). The number of aliphatic hydroxyl groups excluding tert-OH is 1. The molecule has 5 nitrogen and oxygen atoms in total. The summed E-state index contributed by atoms with van der Waals surface area (Å²) in [5.74, 6) is 0. The smallest absolute Gasteiger partial charge is 0.130 e. The van der Waals surface area contributed by atoms with Gasteiger partial charge in [-0.1, -0.05) is 35.5 Å². The molecule has 0 amide bonds. The van der Waals surface area contributed by atoms with E-state index >= 15 is 0 Å². The van der Waals surface area contributed by atoms with Crippen molar-refractivity contribution in [2.24, 2.45) is 0 Å². The van der Waals surface area contributed by atoms with E-state index in [1.165, 1.54) is 5.56 Å². The number of hydrogen-bond donors (Lipinski definition) is 1. The summed E-state index contributed by atoms with van der Waals surface area (Å²) < 4.78 is 1.55.